The van der Waals surface area contributed by atoms with E-state index in [1.54, 1.807) is 18.2 Å². The number of esters is 1. The lowest BCUT2D eigenvalue weighted by Gasteiger charge is -2.14. The van der Waals surface area contributed by atoms with Crippen molar-refractivity contribution in [1.82, 2.24) is 20.2 Å². The van der Waals surface area contributed by atoms with Crippen LogP contribution in [-0.4, -0.2) is 38.2 Å². The largest absolute Gasteiger partial charge is 0.449 e. The molecule has 1 heterocycles. The fourth-order valence-electron chi connectivity index (χ4n) is 2.13. The third-order valence-electron chi connectivity index (χ3n) is 3.48. The second-order valence-electron chi connectivity index (χ2n) is 5.32. The molecule has 0 saturated heterocycles. The van der Waals surface area contributed by atoms with E-state index >= 15 is 0 Å². The van der Waals surface area contributed by atoms with Crippen LogP contribution >= 0.6 is 0 Å². The van der Waals surface area contributed by atoms with Crippen LogP contribution in [0.25, 0.3) is 5.69 Å². The van der Waals surface area contributed by atoms with Crippen molar-refractivity contribution in [1.29, 1.82) is 0 Å². The van der Waals surface area contributed by atoms with Crippen LogP contribution in [0.3, 0.4) is 0 Å². The first-order valence-electron chi connectivity index (χ1n) is 7.64. The first-order chi connectivity index (χ1) is 12.5. The smallest absolute Gasteiger partial charge is 0.338 e. The van der Waals surface area contributed by atoms with Gasteiger partial charge in [0.2, 0.25) is 0 Å². The highest BCUT2D eigenvalue weighted by Crippen LogP contribution is 2.14. The first-order valence-corrected chi connectivity index (χ1v) is 7.64. The molecule has 8 nitrogen and oxygen atoms in total. The Morgan fingerprint density at radius 2 is 2.00 bits per heavy atom. The minimum atomic E-state index is -1.11. The molecule has 0 radical (unpaired) electrons. The molecular formula is C17H14FN5O3. The molecule has 0 aliphatic heterocycles. The van der Waals surface area contributed by atoms with Crippen molar-refractivity contribution < 1.29 is 18.7 Å². The molecule has 0 aliphatic carbocycles. The van der Waals surface area contributed by atoms with Crippen molar-refractivity contribution in [2.24, 2.45) is 0 Å². The van der Waals surface area contributed by atoms with Gasteiger partial charge in [-0.25, -0.2) is 13.9 Å². The van der Waals surface area contributed by atoms with Gasteiger partial charge in [0.25, 0.3) is 5.91 Å². The quantitative estimate of drug-likeness (QED) is 0.703. The minimum absolute atomic E-state index is 0.0149. The maximum Gasteiger partial charge on any atom is 0.338 e. The highest BCUT2D eigenvalue weighted by atomic mass is 19.1. The predicted molar refractivity (Wildman–Crippen MR) is 89.1 cm³/mol. The fourth-order valence-corrected chi connectivity index (χ4v) is 2.13. The van der Waals surface area contributed by atoms with Crippen molar-refractivity contribution in [2.45, 2.75) is 13.0 Å². The number of carbonyl (C=O) groups is 2. The van der Waals surface area contributed by atoms with Gasteiger partial charge in [-0.3, -0.25) is 4.79 Å². The van der Waals surface area contributed by atoms with Crippen molar-refractivity contribution in [3.8, 4) is 5.69 Å². The summed E-state index contributed by atoms with van der Waals surface area (Å²) in [5.74, 6) is -1.91. The van der Waals surface area contributed by atoms with E-state index < -0.39 is 23.8 Å². The average Bonchev–Trinajstić information content (AvgIpc) is 3.18. The van der Waals surface area contributed by atoms with Gasteiger partial charge in [-0.1, -0.05) is 18.2 Å². The molecule has 132 valence electrons. The zero-order valence-electron chi connectivity index (χ0n) is 13.7. The molecular weight excluding hydrogens is 341 g/mol. The number of para-hydroxylation sites is 1. The second kappa shape index (κ2) is 7.51. The van der Waals surface area contributed by atoms with Gasteiger partial charge in [0.15, 0.2) is 6.10 Å². The van der Waals surface area contributed by atoms with Gasteiger partial charge in [0, 0.05) is 0 Å². The summed E-state index contributed by atoms with van der Waals surface area (Å²) in [4.78, 5) is 24.4. The minimum Gasteiger partial charge on any atom is -0.449 e. The molecule has 9 heteroatoms. The number of aromatic nitrogens is 4. The molecule has 2 aromatic carbocycles. The third-order valence-corrected chi connectivity index (χ3v) is 3.48. The maximum atomic E-state index is 13.6. The van der Waals surface area contributed by atoms with Gasteiger partial charge in [-0.15, -0.1) is 5.10 Å². The lowest BCUT2D eigenvalue weighted by atomic mass is 10.2. The molecule has 1 amide bonds. The van der Waals surface area contributed by atoms with E-state index in [2.05, 4.69) is 20.8 Å². The van der Waals surface area contributed by atoms with Gasteiger partial charge < -0.3 is 10.1 Å². The van der Waals surface area contributed by atoms with Gasteiger partial charge in [0.1, 0.15) is 12.1 Å². The molecule has 1 aromatic heterocycles. The molecule has 3 aromatic rings. The number of carbonyl (C=O) groups excluding carboxylic acids is 2. The Kier molecular flexibility index (Phi) is 4.97. The summed E-state index contributed by atoms with van der Waals surface area (Å²) in [6.07, 6.45) is 0.272. The maximum absolute atomic E-state index is 13.6. The van der Waals surface area contributed by atoms with E-state index in [-0.39, 0.29) is 11.3 Å². The summed E-state index contributed by atoms with van der Waals surface area (Å²) in [6.45, 7) is 1.40. The summed E-state index contributed by atoms with van der Waals surface area (Å²) in [6, 6.07) is 12.1. The van der Waals surface area contributed by atoms with E-state index in [1.807, 2.05) is 0 Å². The van der Waals surface area contributed by atoms with Gasteiger partial charge in [-0.05, 0) is 47.7 Å². The number of rotatable bonds is 5. The molecule has 0 aliphatic rings. The standard InChI is InChI=1S/C17H14FN5O3/c1-11(16(24)20-15-8-3-2-7-14(15)18)26-17(25)12-5-4-6-13(9-12)23-10-19-21-22-23/h2-11H,1H3,(H,20,24)/t11-/m0/s1. The Bertz CT molecular complexity index is 930. The normalized spacial score (nSPS) is 11.6. The average molecular weight is 355 g/mol. The highest BCUT2D eigenvalue weighted by Gasteiger charge is 2.20. The number of benzene rings is 2. The van der Waals surface area contributed by atoms with E-state index in [0.717, 1.165) is 0 Å². The van der Waals surface area contributed by atoms with Crippen LogP contribution in [0.5, 0.6) is 0 Å². The second-order valence-corrected chi connectivity index (χ2v) is 5.32. The molecule has 26 heavy (non-hydrogen) atoms. The monoisotopic (exact) mass is 355 g/mol. The number of hydrogen-bond acceptors (Lipinski definition) is 6. The molecule has 0 unspecified atom stereocenters. The van der Waals surface area contributed by atoms with Crippen LogP contribution in [0.15, 0.2) is 54.9 Å². The lowest BCUT2D eigenvalue weighted by molar-refractivity contribution is -0.123. The van der Waals surface area contributed by atoms with Crippen molar-refractivity contribution in [2.75, 3.05) is 5.32 Å². The van der Waals surface area contributed by atoms with Gasteiger partial charge in [-0.2, -0.15) is 0 Å². The number of amides is 1. The molecule has 3 rings (SSSR count). The van der Waals surface area contributed by atoms with Crippen LogP contribution in [0, 0.1) is 5.82 Å². The Morgan fingerprint density at radius 3 is 2.73 bits per heavy atom. The van der Waals surface area contributed by atoms with Crippen LogP contribution < -0.4 is 5.32 Å². The fraction of sp³-hybridized carbons (Fsp3) is 0.118. The Hall–Kier alpha value is -3.62. The van der Waals surface area contributed by atoms with Crippen molar-refractivity contribution in [3.63, 3.8) is 0 Å². The summed E-state index contributed by atoms with van der Waals surface area (Å²) in [5, 5.41) is 13.2. The SMILES string of the molecule is C[C@H](OC(=O)c1cccc(-n2cnnn2)c1)C(=O)Nc1ccccc1F. The van der Waals surface area contributed by atoms with E-state index in [4.69, 9.17) is 4.74 Å². The lowest BCUT2D eigenvalue weighted by Crippen LogP contribution is -2.30. The summed E-state index contributed by atoms with van der Waals surface area (Å²) in [7, 11) is 0. The van der Waals surface area contributed by atoms with Gasteiger partial charge in [0.05, 0.1) is 16.9 Å². The number of nitrogens with zero attached hydrogens (tertiary/aromatic N) is 4. The number of anilines is 1. The number of hydrogen-bond donors (Lipinski definition) is 1. The number of nitrogens with one attached hydrogen (secondary N) is 1. The molecule has 0 spiro atoms. The molecule has 0 fully saturated rings. The molecule has 0 saturated carbocycles. The molecule has 1 N–H and O–H groups in total. The summed E-state index contributed by atoms with van der Waals surface area (Å²) in [5.41, 5.74) is 0.803. The zero-order chi connectivity index (χ0) is 18.5. The first kappa shape index (κ1) is 17.2. The Labute approximate surface area is 147 Å². The topological polar surface area (TPSA) is 99.0 Å². The van der Waals surface area contributed by atoms with Crippen molar-refractivity contribution in [3.05, 3.63) is 66.2 Å². The van der Waals surface area contributed by atoms with E-state index in [1.165, 1.54) is 48.3 Å². The van der Waals surface area contributed by atoms with Crippen LogP contribution in [0.2, 0.25) is 0 Å². The highest BCUT2D eigenvalue weighted by molar-refractivity contribution is 5.97. The predicted octanol–water partition coefficient (Wildman–Crippen LogP) is 1.99. The number of tetrazole rings is 1. The Balaban J connectivity index is 1.67. The van der Waals surface area contributed by atoms with Crippen LogP contribution in [0.1, 0.15) is 17.3 Å². The van der Waals surface area contributed by atoms with E-state index in [9.17, 15) is 14.0 Å². The third kappa shape index (κ3) is 3.89. The molecule has 1 atom stereocenters. The Morgan fingerprint density at radius 1 is 1.19 bits per heavy atom. The summed E-state index contributed by atoms with van der Waals surface area (Å²) < 4.78 is 20.1. The summed E-state index contributed by atoms with van der Waals surface area (Å²) >= 11 is 0. The number of ether oxygens (including phenoxy) is 1. The van der Waals surface area contributed by atoms with E-state index in [0.29, 0.717) is 5.69 Å². The zero-order valence-corrected chi connectivity index (χ0v) is 13.7. The number of halogens is 1. The molecule has 0 bridgehead atoms. The van der Waals surface area contributed by atoms with Crippen LogP contribution in [-0.2, 0) is 9.53 Å². The van der Waals surface area contributed by atoms with Crippen LogP contribution in [0.4, 0.5) is 10.1 Å². The van der Waals surface area contributed by atoms with Crippen molar-refractivity contribution >= 4 is 17.6 Å². The van der Waals surface area contributed by atoms with Gasteiger partial charge >= 0.3 is 5.97 Å².